The zero-order chi connectivity index (χ0) is 29.3. The van der Waals surface area contributed by atoms with Gasteiger partial charge in [0.15, 0.2) is 6.29 Å². The number of likely N-dealkylation sites (tertiary alicyclic amines) is 1. The Morgan fingerprint density at radius 2 is 1.50 bits per heavy atom. The molecular formula is C35H42N2O5. The van der Waals surface area contributed by atoms with Crippen LogP contribution in [-0.2, 0) is 25.4 Å². The number of hydrogen-bond donors (Lipinski definition) is 1. The molecule has 1 saturated heterocycles. The van der Waals surface area contributed by atoms with Crippen LogP contribution in [0.5, 0.6) is 0 Å². The fraction of sp³-hybridized carbons (Fsp3) is 0.429. The number of rotatable bonds is 12. The quantitative estimate of drug-likeness (QED) is 0.204. The number of ether oxygens (including phenoxy) is 3. The number of amides is 2. The lowest BCUT2D eigenvalue weighted by Crippen LogP contribution is -2.57. The standard InChI is InChI=1S/C35H42N2O5/c1-40-33(41-2)23-26-16-12-21-32(34(38)36-22-11-10-15-25-13-4-3-5-14-25)37(26)35(39)42-24-31-29-19-8-6-17-27(29)28-18-7-9-20-30(28)31/h3-9,13-14,17-20,26,31-33H,10-12,15-16,21-24H2,1-2H3,(H,36,38). The Morgan fingerprint density at radius 1 is 0.857 bits per heavy atom. The Balaban J connectivity index is 1.25. The third-order valence-corrected chi connectivity index (χ3v) is 8.62. The van der Waals surface area contributed by atoms with Gasteiger partial charge < -0.3 is 19.5 Å². The molecule has 222 valence electrons. The summed E-state index contributed by atoms with van der Waals surface area (Å²) in [7, 11) is 3.18. The molecule has 0 saturated carbocycles. The van der Waals surface area contributed by atoms with E-state index in [1.807, 2.05) is 42.5 Å². The molecule has 0 spiro atoms. The second-order valence-corrected chi connectivity index (χ2v) is 11.2. The highest BCUT2D eigenvalue weighted by atomic mass is 16.7. The molecular weight excluding hydrogens is 528 g/mol. The van der Waals surface area contributed by atoms with Crippen molar-refractivity contribution in [2.24, 2.45) is 0 Å². The van der Waals surface area contributed by atoms with E-state index >= 15 is 0 Å². The Labute approximate surface area is 249 Å². The van der Waals surface area contributed by atoms with E-state index in [-0.39, 0.29) is 24.5 Å². The molecule has 1 aliphatic heterocycles. The predicted molar refractivity (Wildman–Crippen MR) is 163 cm³/mol. The summed E-state index contributed by atoms with van der Waals surface area (Å²) in [6, 6.07) is 26.1. The van der Waals surface area contributed by atoms with Crippen molar-refractivity contribution in [3.05, 3.63) is 95.6 Å². The van der Waals surface area contributed by atoms with Crippen LogP contribution in [0, 0.1) is 0 Å². The molecule has 2 amide bonds. The van der Waals surface area contributed by atoms with Gasteiger partial charge in [-0.05, 0) is 66.3 Å². The summed E-state index contributed by atoms with van der Waals surface area (Å²) < 4.78 is 17.0. The smallest absolute Gasteiger partial charge is 0.410 e. The van der Waals surface area contributed by atoms with E-state index in [0.717, 1.165) is 43.2 Å². The van der Waals surface area contributed by atoms with Crippen LogP contribution in [0.4, 0.5) is 4.79 Å². The maximum Gasteiger partial charge on any atom is 0.410 e. The van der Waals surface area contributed by atoms with E-state index in [9.17, 15) is 9.59 Å². The molecule has 1 aliphatic carbocycles. The van der Waals surface area contributed by atoms with Gasteiger partial charge in [0.25, 0.3) is 0 Å². The van der Waals surface area contributed by atoms with E-state index in [1.54, 1.807) is 19.1 Å². The number of fused-ring (bicyclic) bond motifs is 3. The van der Waals surface area contributed by atoms with Crippen LogP contribution in [0.2, 0.25) is 0 Å². The van der Waals surface area contributed by atoms with Gasteiger partial charge in [-0.1, -0.05) is 78.9 Å². The summed E-state index contributed by atoms with van der Waals surface area (Å²) in [5.74, 6) is -0.175. The summed E-state index contributed by atoms with van der Waals surface area (Å²) in [6.45, 7) is 0.784. The normalized spacial score (nSPS) is 18.0. The number of nitrogens with one attached hydrogen (secondary N) is 1. The summed E-state index contributed by atoms with van der Waals surface area (Å²) in [5, 5.41) is 3.10. The van der Waals surface area contributed by atoms with Crippen LogP contribution in [0.3, 0.4) is 0 Å². The van der Waals surface area contributed by atoms with Gasteiger partial charge in [0.1, 0.15) is 12.6 Å². The van der Waals surface area contributed by atoms with Crippen LogP contribution >= 0.6 is 0 Å². The summed E-state index contributed by atoms with van der Waals surface area (Å²) >= 11 is 0. The maximum atomic E-state index is 13.8. The average molecular weight is 571 g/mol. The van der Waals surface area contributed by atoms with Gasteiger partial charge in [-0.3, -0.25) is 9.69 Å². The third kappa shape index (κ3) is 6.85. The number of aryl methyl sites for hydroxylation is 1. The molecule has 1 fully saturated rings. The minimum absolute atomic E-state index is 0.0489. The van der Waals surface area contributed by atoms with Crippen molar-refractivity contribution >= 4 is 12.0 Å². The molecule has 2 unspecified atom stereocenters. The summed E-state index contributed by atoms with van der Waals surface area (Å²) in [6.07, 6.45) is 4.56. The minimum Gasteiger partial charge on any atom is -0.448 e. The number of hydrogen-bond acceptors (Lipinski definition) is 5. The molecule has 2 aliphatic rings. The number of piperidine rings is 1. The molecule has 3 aromatic carbocycles. The van der Waals surface area contributed by atoms with Gasteiger partial charge >= 0.3 is 6.09 Å². The minimum atomic E-state index is -0.595. The average Bonchev–Trinajstić information content (AvgIpc) is 3.36. The van der Waals surface area contributed by atoms with Crippen molar-refractivity contribution in [1.29, 1.82) is 0 Å². The molecule has 0 aromatic heterocycles. The Hall–Kier alpha value is -3.68. The molecule has 7 nitrogen and oxygen atoms in total. The van der Waals surface area contributed by atoms with Crippen molar-refractivity contribution in [1.82, 2.24) is 10.2 Å². The van der Waals surface area contributed by atoms with E-state index in [0.29, 0.717) is 19.4 Å². The van der Waals surface area contributed by atoms with Crippen LogP contribution < -0.4 is 5.32 Å². The van der Waals surface area contributed by atoms with Gasteiger partial charge in [-0.15, -0.1) is 0 Å². The van der Waals surface area contributed by atoms with E-state index < -0.39 is 18.4 Å². The van der Waals surface area contributed by atoms with Crippen molar-refractivity contribution in [3.8, 4) is 11.1 Å². The lowest BCUT2D eigenvalue weighted by atomic mass is 9.93. The number of methoxy groups -OCH3 is 2. The Morgan fingerprint density at radius 3 is 2.17 bits per heavy atom. The van der Waals surface area contributed by atoms with Crippen molar-refractivity contribution in [2.75, 3.05) is 27.4 Å². The molecule has 0 bridgehead atoms. The van der Waals surface area contributed by atoms with E-state index in [4.69, 9.17) is 14.2 Å². The largest absolute Gasteiger partial charge is 0.448 e. The second kappa shape index (κ2) is 14.5. The first-order chi connectivity index (χ1) is 20.6. The summed E-state index contributed by atoms with van der Waals surface area (Å²) in [4.78, 5) is 29.0. The number of unbranched alkanes of at least 4 members (excludes halogenated alkanes) is 1. The lowest BCUT2D eigenvalue weighted by Gasteiger charge is -2.41. The number of nitrogens with zero attached hydrogens (tertiary/aromatic N) is 1. The van der Waals surface area contributed by atoms with Crippen LogP contribution in [0.15, 0.2) is 78.9 Å². The van der Waals surface area contributed by atoms with Gasteiger partial charge in [0.2, 0.25) is 5.91 Å². The van der Waals surface area contributed by atoms with Gasteiger partial charge in [0, 0.05) is 39.1 Å². The molecule has 42 heavy (non-hydrogen) atoms. The summed E-state index contributed by atoms with van der Waals surface area (Å²) in [5.41, 5.74) is 5.97. The SMILES string of the molecule is COC(CC1CCCC(C(=O)NCCCCc2ccccc2)N1C(=O)OCC1c2ccccc2-c2ccccc21)OC. The van der Waals surface area contributed by atoms with Crippen LogP contribution in [0.25, 0.3) is 11.1 Å². The second-order valence-electron chi connectivity index (χ2n) is 11.2. The predicted octanol–water partition coefficient (Wildman–Crippen LogP) is 6.31. The highest BCUT2D eigenvalue weighted by Gasteiger charge is 2.41. The first kappa shape index (κ1) is 29.8. The fourth-order valence-electron chi connectivity index (χ4n) is 6.45. The highest BCUT2D eigenvalue weighted by Crippen LogP contribution is 2.44. The zero-order valence-corrected chi connectivity index (χ0v) is 24.7. The number of benzene rings is 3. The fourth-order valence-corrected chi connectivity index (χ4v) is 6.45. The van der Waals surface area contributed by atoms with E-state index in [1.165, 1.54) is 16.7 Å². The van der Waals surface area contributed by atoms with Crippen LogP contribution in [0.1, 0.15) is 61.1 Å². The maximum absolute atomic E-state index is 13.8. The monoisotopic (exact) mass is 570 g/mol. The van der Waals surface area contributed by atoms with Gasteiger partial charge in [0.05, 0.1) is 0 Å². The Bertz CT molecular complexity index is 1280. The van der Waals surface area contributed by atoms with Crippen molar-refractivity contribution in [2.45, 2.75) is 69.2 Å². The van der Waals surface area contributed by atoms with Crippen LogP contribution in [-0.4, -0.2) is 62.6 Å². The topological polar surface area (TPSA) is 77.1 Å². The number of carbonyl (C=O) groups excluding carboxylic acids is 2. The van der Waals surface area contributed by atoms with Crippen molar-refractivity contribution < 1.29 is 23.8 Å². The molecule has 5 rings (SSSR count). The first-order valence-electron chi connectivity index (χ1n) is 15.1. The molecule has 1 heterocycles. The van der Waals surface area contributed by atoms with Crippen molar-refractivity contribution in [3.63, 3.8) is 0 Å². The third-order valence-electron chi connectivity index (χ3n) is 8.62. The highest BCUT2D eigenvalue weighted by molar-refractivity contribution is 5.86. The Kier molecular flexibility index (Phi) is 10.3. The zero-order valence-electron chi connectivity index (χ0n) is 24.7. The molecule has 1 N–H and O–H groups in total. The van der Waals surface area contributed by atoms with Gasteiger partial charge in [-0.25, -0.2) is 4.79 Å². The lowest BCUT2D eigenvalue weighted by molar-refractivity contribution is -0.135. The van der Waals surface area contributed by atoms with Gasteiger partial charge in [-0.2, -0.15) is 0 Å². The molecule has 2 atom stereocenters. The van der Waals surface area contributed by atoms with E-state index in [2.05, 4.69) is 41.7 Å². The molecule has 7 heteroatoms. The number of carbonyl (C=O) groups is 2. The molecule has 0 radical (unpaired) electrons. The molecule has 3 aromatic rings. The first-order valence-corrected chi connectivity index (χ1v) is 15.1.